The molecule has 0 aliphatic heterocycles. The van der Waals surface area contributed by atoms with Gasteiger partial charge in [-0.25, -0.2) is 0 Å². The van der Waals surface area contributed by atoms with Gasteiger partial charge in [0, 0.05) is 10.5 Å². The molecule has 0 atom stereocenters. The standard InChI is InChI=1S/C14H17BrN2/c15-13-8-5-9-14(12(13)10-16)17-11-6-3-1-2-4-7-11/h5,8-9,11,17H,1-4,6-7H2. The second kappa shape index (κ2) is 6.07. The van der Waals surface area contributed by atoms with Crippen molar-refractivity contribution in [2.24, 2.45) is 0 Å². The topological polar surface area (TPSA) is 35.8 Å². The Bertz CT molecular complexity index is 415. The molecule has 0 amide bonds. The Labute approximate surface area is 111 Å². The van der Waals surface area contributed by atoms with Gasteiger partial charge in [0.25, 0.3) is 0 Å². The Morgan fingerprint density at radius 1 is 1.18 bits per heavy atom. The van der Waals surface area contributed by atoms with Gasteiger partial charge in [0.05, 0.1) is 11.3 Å². The fourth-order valence-corrected chi connectivity index (χ4v) is 2.86. The van der Waals surface area contributed by atoms with Crippen LogP contribution in [-0.2, 0) is 0 Å². The molecule has 3 heteroatoms. The maximum atomic E-state index is 9.16. The van der Waals surface area contributed by atoms with E-state index in [4.69, 9.17) is 5.26 Å². The molecule has 0 unspecified atom stereocenters. The van der Waals surface area contributed by atoms with E-state index < -0.39 is 0 Å². The van der Waals surface area contributed by atoms with Gasteiger partial charge in [0.2, 0.25) is 0 Å². The van der Waals surface area contributed by atoms with Crippen molar-refractivity contribution < 1.29 is 0 Å². The first-order valence-electron chi connectivity index (χ1n) is 6.26. The fourth-order valence-electron chi connectivity index (χ4n) is 2.40. The lowest BCUT2D eigenvalue weighted by Gasteiger charge is -2.18. The Morgan fingerprint density at radius 3 is 2.53 bits per heavy atom. The van der Waals surface area contributed by atoms with Gasteiger partial charge in [-0.2, -0.15) is 5.26 Å². The van der Waals surface area contributed by atoms with E-state index in [0.717, 1.165) is 15.7 Å². The van der Waals surface area contributed by atoms with E-state index in [-0.39, 0.29) is 0 Å². The first-order chi connectivity index (χ1) is 8.31. The van der Waals surface area contributed by atoms with Gasteiger partial charge in [0.15, 0.2) is 0 Å². The lowest BCUT2D eigenvalue weighted by atomic mass is 10.1. The molecule has 2 rings (SSSR count). The summed E-state index contributed by atoms with van der Waals surface area (Å²) in [5.41, 5.74) is 1.69. The third-order valence-corrected chi connectivity index (χ3v) is 4.00. The van der Waals surface area contributed by atoms with Crippen LogP contribution in [0, 0.1) is 11.3 Å². The van der Waals surface area contributed by atoms with Crippen molar-refractivity contribution in [3.05, 3.63) is 28.2 Å². The van der Waals surface area contributed by atoms with Crippen LogP contribution in [-0.4, -0.2) is 6.04 Å². The molecular formula is C14H17BrN2. The summed E-state index contributed by atoms with van der Waals surface area (Å²) in [4.78, 5) is 0. The highest BCUT2D eigenvalue weighted by Crippen LogP contribution is 2.27. The molecule has 1 saturated carbocycles. The summed E-state index contributed by atoms with van der Waals surface area (Å²) in [6.07, 6.45) is 7.74. The predicted octanol–water partition coefficient (Wildman–Crippen LogP) is 4.46. The normalized spacial score (nSPS) is 17.2. The number of nitrogens with one attached hydrogen (secondary N) is 1. The first-order valence-corrected chi connectivity index (χ1v) is 7.05. The zero-order chi connectivity index (χ0) is 12.1. The van der Waals surface area contributed by atoms with Gasteiger partial charge >= 0.3 is 0 Å². The van der Waals surface area contributed by atoms with Crippen LogP contribution in [0.5, 0.6) is 0 Å². The van der Waals surface area contributed by atoms with Crippen molar-refractivity contribution >= 4 is 21.6 Å². The van der Waals surface area contributed by atoms with Crippen LogP contribution in [0.15, 0.2) is 22.7 Å². The quantitative estimate of drug-likeness (QED) is 0.817. The number of nitrogens with zero attached hydrogens (tertiary/aromatic N) is 1. The van der Waals surface area contributed by atoms with Crippen molar-refractivity contribution in [2.75, 3.05) is 5.32 Å². The molecular weight excluding hydrogens is 276 g/mol. The summed E-state index contributed by atoms with van der Waals surface area (Å²) in [7, 11) is 0. The second-order valence-electron chi connectivity index (χ2n) is 4.61. The average molecular weight is 293 g/mol. The van der Waals surface area contributed by atoms with Crippen LogP contribution in [0.4, 0.5) is 5.69 Å². The van der Waals surface area contributed by atoms with E-state index in [0.29, 0.717) is 6.04 Å². The van der Waals surface area contributed by atoms with Crippen molar-refractivity contribution in [1.29, 1.82) is 5.26 Å². The summed E-state index contributed by atoms with van der Waals surface area (Å²) in [6, 6.07) is 8.67. The highest BCUT2D eigenvalue weighted by Gasteiger charge is 2.14. The SMILES string of the molecule is N#Cc1c(Br)cccc1NC1CCCCCC1. The fraction of sp³-hybridized carbons (Fsp3) is 0.500. The molecule has 0 spiro atoms. The Morgan fingerprint density at radius 2 is 1.88 bits per heavy atom. The van der Waals surface area contributed by atoms with Crippen LogP contribution < -0.4 is 5.32 Å². The van der Waals surface area contributed by atoms with E-state index in [1.54, 1.807) is 0 Å². The minimum absolute atomic E-state index is 0.527. The zero-order valence-corrected chi connectivity index (χ0v) is 11.5. The zero-order valence-electron chi connectivity index (χ0n) is 9.88. The van der Waals surface area contributed by atoms with Gasteiger partial charge < -0.3 is 5.32 Å². The van der Waals surface area contributed by atoms with Gasteiger partial charge in [-0.05, 0) is 40.9 Å². The molecule has 0 radical (unpaired) electrons. The first kappa shape index (κ1) is 12.4. The van der Waals surface area contributed by atoms with Gasteiger partial charge in [-0.1, -0.05) is 31.7 Å². The van der Waals surface area contributed by atoms with Crippen molar-refractivity contribution in [2.45, 2.75) is 44.6 Å². The molecule has 1 aliphatic rings. The summed E-state index contributed by atoms with van der Waals surface area (Å²) in [5.74, 6) is 0. The molecule has 1 aliphatic carbocycles. The summed E-state index contributed by atoms with van der Waals surface area (Å²) < 4.78 is 0.874. The van der Waals surface area contributed by atoms with Crippen LogP contribution in [0.2, 0.25) is 0 Å². The van der Waals surface area contributed by atoms with E-state index in [9.17, 15) is 0 Å². The minimum Gasteiger partial charge on any atom is -0.381 e. The van der Waals surface area contributed by atoms with Crippen LogP contribution in [0.25, 0.3) is 0 Å². The molecule has 0 heterocycles. The maximum Gasteiger partial charge on any atom is 0.103 e. The number of nitriles is 1. The largest absolute Gasteiger partial charge is 0.381 e. The predicted molar refractivity (Wildman–Crippen MR) is 74.0 cm³/mol. The maximum absolute atomic E-state index is 9.16. The Kier molecular flexibility index (Phi) is 4.44. The van der Waals surface area contributed by atoms with Crippen LogP contribution in [0.3, 0.4) is 0 Å². The van der Waals surface area contributed by atoms with Crippen molar-refractivity contribution in [3.63, 3.8) is 0 Å². The third-order valence-electron chi connectivity index (χ3n) is 3.34. The number of benzene rings is 1. The van der Waals surface area contributed by atoms with E-state index in [1.165, 1.54) is 38.5 Å². The molecule has 1 N–H and O–H groups in total. The summed E-state index contributed by atoms with van der Waals surface area (Å²) >= 11 is 3.43. The molecule has 0 aromatic heterocycles. The molecule has 2 nitrogen and oxygen atoms in total. The Hall–Kier alpha value is -1.01. The second-order valence-corrected chi connectivity index (χ2v) is 5.46. The van der Waals surface area contributed by atoms with E-state index in [1.807, 2.05) is 18.2 Å². The molecule has 17 heavy (non-hydrogen) atoms. The molecule has 0 saturated heterocycles. The Balaban J connectivity index is 2.12. The molecule has 1 fully saturated rings. The van der Waals surface area contributed by atoms with Crippen molar-refractivity contribution in [3.8, 4) is 6.07 Å². The number of hydrogen-bond donors (Lipinski definition) is 1. The van der Waals surface area contributed by atoms with Crippen molar-refractivity contribution in [1.82, 2.24) is 0 Å². The minimum atomic E-state index is 0.527. The number of rotatable bonds is 2. The van der Waals surface area contributed by atoms with Crippen LogP contribution in [0.1, 0.15) is 44.1 Å². The third kappa shape index (κ3) is 3.23. The monoisotopic (exact) mass is 292 g/mol. The van der Waals surface area contributed by atoms with Gasteiger partial charge in [-0.15, -0.1) is 0 Å². The molecule has 90 valence electrons. The number of halogens is 1. The smallest absolute Gasteiger partial charge is 0.103 e. The summed E-state index contributed by atoms with van der Waals surface area (Å²) in [6.45, 7) is 0. The molecule has 1 aromatic carbocycles. The average Bonchev–Trinajstić information content (AvgIpc) is 2.58. The highest BCUT2D eigenvalue weighted by molar-refractivity contribution is 9.10. The highest BCUT2D eigenvalue weighted by atomic mass is 79.9. The van der Waals surface area contributed by atoms with Gasteiger partial charge in [-0.3, -0.25) is 0 Å². The number of hydrogen-bond acceptors (Lipinski definition) is 2. The van der Waals surface area contributed by atoms with E-state index >= 15 is 0 Å². The molecule has 0 bridgehead atoms. The summed E-state index contributed by atoms with van der Waals surface area (Å²) in [5, 5.41) is 12.7. The van der Waals surface area contributed by atoms with Crippen LogP contribution >= 0.6 is 15.9 Å². The lowest BCUT2D eigenvalue weighted by Crippen LogP contribution is -2.18. The molecule has 1 aromatic rings. The van der Waals surface area contributed by atoms with Gasteiger partial charge in [0.1, 0.15) is 6.07 Å². The number of anilines is 1. The lowest BCUT2D eigenvalue weighted by molar-refractivity contribution is 0.620. The van der Waals surface area contributed by atoms with E-state index in [2.05, 4.69) is 27.3 Å².